The van der Waals surface area contributed by atoms with Crippen LogP contribution >= 0.6 is 0 Å². The van der Waals surface area contributed by atoms with E-state index in [9.17, 15) is 0 Å². The highest BCUT2D eigenvalue weighted by molar-refractivity contribution is 6.09. The van der Waals surface area contributed by atoms with Gasteiger partial charge in [0.1, 0.15) is 11.2 Å². The standard InChI is InChI=1S/C45H29N3O/c1-3-11-30(12-4-1)32-21-23-34(24-22-32)36-15-9-16-37(29-36)44-46-43(35-27-25-33(26-28-35)31-13-5-2-6-14-31)47-45(48-44)40-19-10-18-39-38-17-7-8-20-41(38)49-42(39)40/h1-29H. The van der Waals surface area contributed by atoms with Crippen molar-refractivity contribution in [2.24, 2.45) is 0 Å². The SMILES string of the molecule is c1ccc(-c2ccc(-c3cccc(-c4nc(-c5ccc(-c6ccccc6)cc5)nc(-c5cccc6c5oc5ccccc56)n4)c3)cc2)cc1. The van der Waals surface area contributed by atoms with Crippen molar-refractivity contribution in [2.75, 3.05) is 0 Å². The van der Waals surface area contributed by atoms with Gasteiger partial charge >= 0.3 is 0 Å². The third-order valence-corrected chi connectivity index (χ3v) is 8.98. The predicted molar refractivity (Wildman–Crippen MR) is 200 cm³/mol. The third-order valence-electron chi connectivity index (χ3n) is 8.98. The van der Waals surface area contributed by atoms with Gasteiger partial charge in [-0.05, 0) is 51.6 Å². The number of rotatable bonds is 6. The van der Waals surface area contributed by atoms with Gasteiger partial charge in [-0.1, -0.05) is 158 Å². The van der Waals surface area contributed by atoms with E-state index in [1.165, 1.54) is 11.1 Å². The van der Waals surface area contributed by atoms with Crippen molar-refractivity contribution in [2.45, 2.75) is 0 Å². The molecule has 0 bridgehead atoms. The first-order valence-corrected chi connectivity index (χ1v) is 16.4. The maximum absolute atomic E-state index is 6.41. The van der Waals surface area contributed by atoms with Crippen LogP contribution < -0.4 is 0 Å². The summed E-state index contributed by atoms with van der Waals surface area (Å²) in [6.07, 6.45) is 0. The first-order chi connectivity index (χ1) is 24.3. The van der Waals surface area contributed by atoms with Crippen LogP contribution in [0, 0.1) is 0 Å². The third kappa shape index (κ3) is 5.45. The number of nitrogens with zero attached hydrogens (tertiary/aromatic N) is 3. The molecule has 7 aromatic carbocycles. The number of hydrogen-bond donors (Lipinski definition) is 0. The Morgan fingerprint density at radius 1 is 0.306 bits per heavy atom. The average molecular weight is 628 g/mol. The van der Waals surface area contributed by atoms with E-state index in [0.717, 1.165) is 60.9 Å². The molecule has 4 nitrogen and oxygen atoms in total. The zero-order valence-electron chi connectivity index (χ0n) is 26.5. The molecule has 0 aliphatic rings. The summed E-state index contributed by atoms with van der Waals surface area (Å²) < 4.78 is 6.41. The Balaban J connectivity index is 1.17. The maximum Gasteiger partial charge on any atom is 0.167 e. The Morgan fingerprint density at radius 2 is 0.755 bits per heavy atom. The molecule has 0 atom stereocenters. The monoisotopic (exact) mass is 627 g/mol. The summed E-state index contributed by atoms with van der Waals surface area (Å²) in [6.45, 7) is 0. The van der Waals surface area contributed by atoms with Crippen molar-refractivity contribution in [3.05, 3.63) is 176 Å². The number of fused-ring (bicyclic) bond motifs is 3. The van der Waals surface area contributed by atoms with Crippen molar-refractivity contribution in [1.82, 2.24) is 15.0 Å². The van der Waals surface area contributed by atoms with Crippen LogP contribution in [-0.2, 0) is 0 Å². The Kier molecular flexibility index (Phi) is 7.10. The fourth-order valence-electron chi connectivity index (χ4n) is 6.44. The highest BCUT2D eigenvalue weighted by Gasteiger charge is 2.18. The van der Waals surface area contributed by atoms with E-state index >= 15 is 0 Å². The predicted octanol–water partition coefficient (Wildman–Crippen LogP) is 11.8. The minimum Gasteiger partial charge on any atom is -0.455 e. The number of furan rings is 1. The van der Waals surface area contributed by atoms with Crippen molar-refractivity contribution in [3.63, 3.8) is 0 Å². The largest absolute Gasteiger partial charge is 0.455 e. The number of benzene rings is 7. The first-order valence-electron chi connectivity index (χ1n) is 16.4. The van der Waals surface area contributed by atoms with Crippen LogP contribution in [0.1, 0.15) is 0 Å². The molecule has 9 rings (SSSR count). The van der Waals surface area contributed by atoms with Gasteiger partial charge in [0.15, 0.2) is 17.5 Å². The van der Waals surface area contributed by atoms with E-state index in [2.05, 4.69) is 133 Å². The molecule has 4 heteroatoms. The molecule has 9 aromatic rings. The molecule has 0 aliphatic heterocycles. The molecular weight excluding hydrogens is 599 g/mol. The van der Waals surface area contributed by atoms with Gasteiger partial charge in [-0.3, -0.25) is 0 Å². The van der Waals surface area contributed by atoms with Crippen LogP contribution in [0.4, 0.5) is 0 Å². The minimum absolute atomic E-state index is 0.564. The van der Waals surface area contributed by atoms with Gasteiger partial charge in [0.25, 0.3) is 0 Å². The first kappa shape index (κ1) is 28.6. The van der Waals surface area contributed by atoms with Gasteiger partial charge in [0, 0.05) is 21.9 Å². The average Bonchev–Trinajstić information content (AvgIpc) is 3.58. The van der Waals surface area contributed by atoms with Crippen molar-refractivity contribution < 1.29 is 4.42 Å². The molecule has 0 amide bonds. The lowest BCUT2D eigenvalue weighted by Gasteiger charge is -2.11. The zero-order chi connectivity index (χ0) is 32.6. The lowest BCUT2D eigenvalue weighted by Crippen LogP contribution is -2.00. The maximum atomic E-state index is 6.41. The zero-order valence-corrected chi connectivity index (χ0v) is 26.5. The Bertz CT molecular complexity index is 2570. The van der Waals surface area contributed by atoms with Crippen LogP contribution in [0.5, 0.6) is 0 Å². The summed E-state index contributed by atoms with van der Waals surface area (Å²) in [5, 5.41) is 2.10. The van der Waals surface area contributed by atoms with Crippen molar-refractivity contribution >= 4 is 21.9 Å². The minimum atomic E-state index is 0.564. The Labute approximate surface area is 284 Å². The molecule has 2 heterocycles. The van der Waals surface area contributed by atoms with Crippen LogP contribution in [0.25, 0.3) is 89.5 Å². The van der Waals surface area contributed by atoms with E-state index in [-0.39, 0.29) is 0 Å². The van der Waals surface area contributed by atoms with Gasteiger partial charge < -0.3 is 4.42 Å². The molecule has 0 saturated carbocycles. The van der Waals surface area contributed by atoms with E-state index in [1.807, 2.05) is 42.5 Å². The second-order valence-electron chi connectivity index (χ2n) is 12.1. The smallest absolute Gasteiger partial charge is 0.167 e. The second-order valence-corrected chi connectivity index (χ2v) is 12.1. The van der Waals surface area contributed by atoms with Gasteiger partial charge in [-0.2, -0.15) is 0 Å². The molecular formula is C45H29N3O. The fraction of sp³-hybridized carbons (Fsp3) is 0. The van der Waals surface area contributed by atoms with Gasteiger partial charge in [0.2, 0.25) is 0 Å². The van der Waals surface area contributed by atoms with Gasteiger partial charge in [-0.15, -0.1) is 0 Å². The Morgan fingerprint density at radius 3 is 1.43 bits per heavy atom. The summed E-state index contributed by atoms with van der Waals surface area (Å²) in [5.41, 5.74) is 11.1. The molecule has 0 unspecified atom stereocenters. The summed E-state index contributed by atoms with van der Waals surface area (Å²) in [6, 6.07) is 60.5. The molecule has 0 spiro atoms. The summed E-state index contributed by atoms with van der Waals surface area (Å²) in [7, 11) is 0. The van der Waals surface area contributed by atoms with Crippen LogP contribution in [0.2, 0.25) is 0 Å². The van der Waals surface area contributed by atoms with E-state index in [4.69, 9.17) is 19.4 Å². The quantitative estimate of drug-likeness (QED) is 0.184. The molecule has 0 aliphatic carbocycles. The summed E-state index contributed by atoms with van der Waals surface area (Å²) >= 11 is 0. The van der Waals surface area contributed by atoms with Crippen molar-refractivity contribution in [1.29, 1.82) is 0 Å². The summed E-state index contributed by atoms with van der Waals surface area (Å²) in [5.74, 6) is 1.77. The molecule has 0 fully saturated rings. The lowest BCUT2D eigenvalue weighted by molar-refractivity contribution is 0.669. The van der Waals surface area contributed by atoms with Crippen LogP contribution in [-0.4, -0.2) is 15.0 Å². The highest BCUT2D eigenvalue weighted by atomic mass is 16.3. The molecule has 230 valence electrons. The van der Waals surface area contributed by atoms with Gasteiger partial charge in [0.05, 0.1) is 5.56 Å². The molecule has 0 N–H and O–H groups in total. The van der Waals surface area contributed by atoms with Crippen LogP contribution in [0.3, 0.4) is 0 Å². The number of hydrogen-bond acceptors (Lipinski definition) is 4. The van der Waals surface area contributed by atoms with Gasteiger partial charge in [-0.25, -0.2) is 15.0 Å². The molecule has 0 radical (unpaired) electrons. The van der Waals surface area contributed by atoms with Crippen molar-refractivity contribution in [3.8, 4) is 67.5 Å². The van der Waals surface area contributed by atoms with Crippen LogP contribution in [0.15, 0.2) is 180 Å². The highest BCUT2D eigenvalue weighted by Crippen LogP contribution is 2.36. The number of aromatic nitrogens is 3. The second kappa shape index (κ2) is 12.2. The fourth-order valence-corrected chi connectivity index (χ4v) is 6.44. The Hall–Kier alpha value is -6.65. The van der Waals surface area contributed by atoms with E-state index < -0.39 is 0 Å². The summed E-state index contributed by atoms with van der Waals surface area (Å²) in [4.78, 5) is 15.2. The number of para-hydroxylation sites is 2. The molecule has 49 heavy (non-hydrogen) atoms. The van der Waals surface area contributed by atoms with E-state index in [0.29, 0.717) is 17.5 Å². The normalized spacial score (nSPS) is 11.3. The lowest BCUT2D eigenvalue weighted by atomic mass is 9.99. The topological polar surface area (TPSA) is 51.8 Å². The molecule has 2 aromatic heterocycles. The molecule has 0 saturated heterocycles. The van der Waals surface area contributed by atoms with E-state index in [1.54, 1.807) is 0 Å².